The average Bonchev–Trinajstić information content (AvgIpc) is 2.74. The molecule has 1 atom stereocenters. The molecule has 0 amide bonds. The van der Waals surface area contributed by atoms with Gasteiger partial charge in [0.05, 0.1) is 12.5 Å². The highest BCUT2D eigenvalue weighted by Gasteiger charge is 2.24. The summed E-state index contributed by atoms with van der Waals surface area (Å²) in [5, 5.41) is 9.12. The molecule has 0 spiro atoms. The van der Waals surface area contributed by atoms with Gasteiger partial charge >= 0.3 is 0 Å². The fourth-order valence-electron chi connectivity index (χ4n) is 3.18. The minimum atomic E-state index is 0.245. The molecule has 0 aromatic heterocycles. The van der Waals surface area contributed by atoms with Crippen LogP contribution in [0.3, 0.4) is 0 Å². The van der Waals surface area contributed by atoms with Crippen LogP contribution in [0, 0.1) is 11.3 Å². The van der Waals surface area contributed by atoms with Crippen molar-refractivity contribution < 1.29 is 0 Å². The van der Waals surface area contributed by atoms with Gasteiger partial charge in [-0.3, -0.25) is 4.90 Å². The van der Waals surface area contributed by atoms with Gasteiger partial charge in [0.15, 0.2) is 0 Å². The van der Waals surface area contributed by atoms with E-state index < -0.39 is 0 Å². The fourth-order valence-corrected chi connectivity index (χ4v) is 3.18. The minimum absolute atomic E-state index is 0.245. The molecule has 0 radical (unpaired) electrons. The van der Waals surface area contributed by atoms with Crippen LogP contribution in [0.25, 0.3) is 0 Å². The molecule has 0 N–H and O–H groups in total. The second-order valence-corrected chi connectivity index (χ2v) is 5.60. The monoisotopic (exact) mass is 256 g/mol. The van der Waals surface area contributed by atoms with Gasteiger partial charge in [0.2, 0.25) is 0 Å². The van der Waals surface area contributed by atoms with Crippen molar-refractivity contribution in [3.8, 4) is 6.07 Å². The summed E-state index contributed by atoms with van der Waals surface area (Å²) >= 11 is 0. The van der Waals surface area contributed by atoms with Crippen LogP contribution < -0.4 is 0 Å². The van der Waals surface area contributed by atoms with Gasteiger partial charge < -0.3 is 0 Å². The molecule has 1 aromatic rings. The third kappa shape index (κ3) is 3.81. The van der Waals surface area contributed by atoms with Crippen molar-refractivity contribution in [3.63, 3.8) is 0 Å². The van der Waals surface area contributed by atoms with Crippen LogP contribution in [0.5, 0.6) is 0 Å². The Labute approximate surface area is 117 Å². The van der Waals surface area contributed by atoms with Gasteiger partial charge in [-0.1, -0.05) is 56.0 Å². The lowest BCUT2D eigenvalue weighted by molar-refractivity contribution is 0.159. The number of nitriles is 1. The van der Waals surface area contributed by atoms with Gasteiger partial charge in [-0.15, -0.1) is 0 Å². The maximum absolute atomic E-state index is 9.12. The van der Waals surface area contributed by atoms with E-state index in [1.165, 1.54) is 44.1 Å². The molecule has 2 heteroatoms. The minimum Gasteiger partial charge on any atom is -0.295 e. The molecule has 1 fully saturated rings. The summed E-state index contributed by atoms with van der Waals surface area (Å²) in [4.78, 5) is 2.45. The summed E-state index contributed by atoms with van der Waals surface area (Å²) < 4.78 is 0. The second kappa shape index (κ2) is 7.31. The Bertz CT molecular complexity index is 399. The van der Waals surface area contributed by atoms with Gasteiger partial charge in [0.25, 0.3) is 0 Å². The Hall–Kier alpha value is -1.33. The topological polar surface area (TPSA) is 27.0 Å². The van der Waals surface area contributed by atoms with Crippen molar-refractivity contribution in [1.29, 1.82) is 5.26 Å². The van der Waals surface area contributed by atoms with Gasteiger partial charge in [0, 0.05) is 12.1 Å². The van der Waals surface area contributed by atoms with Crippen molar-refractivity contribution in [2.45, 2.75) is 57.0 Å². The molecule has 0 bridgehead atoms. The Balaban J connectivity index is 2.11. The standard InChI is InChI=1S/C17H24N2/c1-19(16-11-7-2-3-8-12-16)17(13-14-18)15-9-5-4-6-10-15/h4-6,9-10,16-17H,2-3,7-8,11-13H2,1H3. The molecule has 102 valence electrons. The van der Waals surface area contributed by atoms with E-state index in [-0.39, 0.29) is 6.04 Å². The zero-order valence-electron chi connectivity index (χ0n) is 11.9. The first kappa shape index (κ1) is 14.1. The van der Waals surface area contributed by atoms with E-state index in [2.05, 4.69) is 42.3 Å². The Morgan fingerprint density at radius 3 is 2.37 bits per heavy atom. The molecule has 1 aromatic carbocycles. The zero-order valence-corrected chi connectivity index (χ0v) is 11.9. The quantitative estimate of drug-likeness (QED) is 0.751. The largest absolute Gasteiger partial charge is 0.295 e. The number of hydrogen-bond acceptors (Lipinski definition) is 2. The normalized spacial score (nSPS) is 18.8. The Kier molecular flexibility index (Phi) is 5.42. The maximum Gasteiger partial charge on any atom is 0.0641 e. The summed E-state index contributed by atoms with van der Waals surface area (Å²) in [6, 6.07) is 13.7. The number of hydrogen-bond donors (Lipinski definition) is 0. The third-order valence-electron chi connectivity index (χ3n) is 4.36. The number of benzene rings is 1. The van der Waals surface area contributed by atoms with Gasteiger partial charge in [-0.05, 0) is 25.5 Å². The highest BCUT2D eigenvalue weighted by molar-refractivity contribution is 5.20. The van der Waals surface area contributed by atoms with Crippen LogP contribution in [0.4, 0.5) is 0 Å². The van der Waals surface area contributed by atoms with Crippen LogP contribution in [0.1, 0.15) is 56.6 Å². The molecule has 1 saturated carbocycles. The number of nitrogens with zero attached hydrogens (tertiary/aromatic N) is 2. The van der Waals surface area contributed by atoms with E-state index in [0.717, 1.165) is 0 Å². The van der Waals surface area contributed by atoms with Crippen LogP contribution >= 0.6 is 0 Å². The molecule has 19 heavy (non-hydrogen) atoms. The van der Waals surface area contributed by atoms with E-state index in [4.69, 9.17) is 5.26 Å². The molecule has 2 nitrogen and oxygen atoms in total. The van der Waals surface area contributed by atoms with Gasteiger partial charge in [0.1, 0.15) is 0 Å². The molecule has 2 rings (SSSR count). The third-order valence-corrected chi connectivity index (χ3v) is 4.36. The van der Waals surface area contributed by atoms with Crippen LogP contribution in [-0.4, -0.2) is 18.0 Å². The SMILES string of the molecule is CN(C1CCCCCC1)C(CC#N)c1ccccc1. The second-order valence-electron chi connectivity index (χ2n) is 5.60. The van der Waals surface area contributed by atoms with E-state index in [0.29, 0.717) is 12.5 Å². The summed E-state index contributed by atoms with van der Waals surface area (Å²) in [6.07, 6.45) is 8.57. The van der Waals surface area contributed by atoms with E-state index >= 15 is 0 Å². The molecule has 0 heterocycles. The summed E-state index contributed by atoms with van der Waals surface area (Å²) in [5.41, 5.74) is 1.27. The van der Waals surface area contributed by atoms with Crippen molar-refractivity contribution in [1.82, 2.24) is 4.90 Å². The van der Waals surface area contributed by atoms with Crippen molar-refractivity contribution in [2.75, 3.05) is 7.05 Å². The first-order chi connectivity index (χ1) is 9.33. The lowest BCUT2D eigenvalue weighted by Gasteiger charge is -2.34. The molecule has 1 aliphatic carbocycles. The average molecular weight is 256 g/mol. The molecular weight excluding hydrogens is 232 g/mol. The molecular formula is C17H24N2. The predicted molar refractivity (Wildman–Crippen MR) is 78.7 cm³/mol. The first-order valence-corrected chi connectivity index (χ1v) is 7.46. The van der Waals surface area contributed by atoms with Gasteiger partial charge in [-0.2, -0.15) is 5.26 Å². The molecule has 1 aliphatic rings. The van der Waals surface area contributed by atoms with Crippen LogP contribution in [-0.2, 0) is 0 Å². The lowest BCUT2D eigenvalue weighted by Crippen LogP contribution is -2.34. The van der Waals surface area contributed by atoms with Crippen molar-refractivity contribution in [3.05, 3.63) is 35.9 Å². The summed E-state index contributed by atoms with van der Waals surface area (Å²) in [6.45, 7) is 0. The highest BCUT2D eigenvalue weighted by Crippen LogP contribution is 2.30. The van der Waals surface area contributed by atoms with Gasteiger partial charge in [-0.25, -0.2) is 0 Å². The van der Waals surface area contributed by atoms with E-state index in [1.54, 1.807) is 0 Å². The summed E-state index contributed by atoms with van der Waals surface area (Å²) in [5.74, 6) is 0. The zero-order chi connectivity index (χ0) is 13.5. The molecule has 1 unspecified atom stereocenters. The molecule has 0 aliphatic heterocycles. The van der Waals surface area contributed by atoms with E-state index in [9.17, 15) is 0 Å². The number of rotatable bonds is 4. The van der Waals surface area contributed by atoms with Crippen molar-refractivity contribution in [2.24, 2.45) is 0 Å². The van der Waals surface area contributed by atoms with Crippen LogP contribution in [0.2, 0.25) is 0 Å². The molecule has 0 saturated heterocycles. The Morgan fingerprint density at radius 2 is 1.79 bits per heavy atom. The van der Waals surface area contributed by atoms with Crippen LogP contribution in [0.15, 0.2) is 30.3 Å². The lowest BCUT2D eigenvalue weighted by atomic mass is 9.98. The van der Waals surface area contributed by atoms with E-state index in [1.807, 2.05) is 6.07 Å². The Morgan fingerprint density at radius 1 is 1.16 bits per heavy atom. The maximum atomic E-state index is 9.12. The van der Waals surface area contributed by atoms with Crippen molar-refractivity contribution >= 4 is 0 Å². The highest BCUT2D eigenvalue weighted by atomic mass is 15.2. The smallest absolute Gasteiger partial charge is 0.0641 e. The first-order valence-electron chi connectivity index (χ1n) is 7.46. The fraction of sp³-hybridized carbons (Fsp3) is 0.588. The summed E-state index contributed by atoms with van der Waals surface area (Å²) in [7, 11) is 2.20. The predicted octanol–water partition coefficient (Wildman–Crippen LogP) is 4.30.